The molecule has 0 amide bonds. The molecule has 0 saturated carbocycles. The van der Waals surface area contributed by atoms with Crippen molar-refractivity contribution in [2.75, 3.05) is 0 Å². The molecule has 0 aliphatic heterocycles. The molecule has 0 unspecified atom stereocenters. The molecule has 3 N–H and O–H groups in total. The zero-order chi connectivity index (χ0) is 11.5. The lowest BCUT2D eigenvalue weighted by Crippen LogP contribution is -2.14. The molecular weight excluding hydrogens is 240 g/mol. The van der Waals surface area contributed by atoms with E-state index in [9.17, 15) is 0 Å². The minimum Gasteiger partial charge on any atom is -0.382 e. The summed E-state index contributed by atoms with van der Waals surface area (Å²) >= 11 is 3.12. The summed E-state index contributed by atoms with van der Waals surface area (Å²) in [5, 5.41) is 10.00. The van der Waals surface area contributed by atoms with Gasteiger partial charge in [0.15, 0.2) is 5.16 Å². The lowest BCUT2D eigenvalue weighted by Gasteiger charge is -2.02. The van der Waals surface area contributed by atoms with E-state index in [1.54, 1.807) is 17.4 Å². The average Bonchev–Trinajstić information content (AvgIpc) is 2.69. The van der Waals surface area contributed by atoms with Crippen molar-refractivity contribution in [1.82, 2.24) is 9.97 Å². The Balaban J connectivity index is 2.31. The van der Waals surface area contributed by atoms with E-state index in [-0.39, 0.29) is 5.84 Å². The van der Waals surface area contributed by atoms with Crippen molar-refractivity contribution < 1.29 is 0 Å². The van der Waals surface area contributed by atoms with Crippen LogP contribution in [0.2, 0.25) is 0 Å². The Kier molecular flexibility index (Phi) is 3.21. The molecule has 6 heteroatoms. The second-order valence-corrected chi connectivity index (χ2v) is 5.34. The average molecular weight is 250 g/mol. The molecule has 0 aliphatic carbocycles. The Morgan fingerprint density at radius 1 is 1.50 bits per heavy atom. The summed E-state index contributed by atoms with van der Waals surface area (Å²) < 4.78 is 1.13. The SMILES string of the molecule is Cc1cc(C(=N)N)nc(Sc2cccs2)n1. The van der Waals surface area contributed by atoms with Gasteiger partial charge in [0.2, 0.25) is 0 Å². The molecule has 0 bridgehead atoms. The summed E-state index contributed by atoms with van der Waals surface area (Å²) in [6.45, 7) is 1.87. The Bertz CT molecular complexity index is 508. The quantitative estimate of drug-likeness (QED) is 0.498. The van der Waals surface area contributed by atoms with Crippen LogP contribution in [0.4, 0.5) is 0 Å². The number of thiophene rings is 1. The predicted octanol–water partition coefficient (Wildman–Crippen LogP) is 2.28. The fraction of sp³-hybridized carbons (Fsp3) is 0.100. The molecule has 0 aliphatic rings. The number of aromatic nitrogens is 2. The number of hydrogen-bond acceptors (Lipinski definition) is 5. The smallest absolute Gasteiger partial charge is 0.194 e. The van der Waals surface area contributed by atoms with Gasteiger partial charge in [-0.2, -0.15) is 0 Å². The van der Waals surface area contributed by atoms with Crippen LogP contribution in [0.15, 0.2) is 32.9 Å². The van der Waals surface area contributed by atoms with Crippen molar-refractivity contribution in [1.29, 1.82) is 5.41 Å². The zero-order valence-electron chi connectivity index (χ0n) is 8.60. The van der Waals surface area contributed by atoms with Crippen molar-refractivity contribution in [3.63, 3.8) is 0 Å². The third-order valence-corrected chi connectivity index (χ3v) is 3.70. The van der Waals surface area contributed by atoms with Gasteiger partial charge >= 0.3 is 0 Å². The summed E-state index contributed by atoms with van der Waals surface area (Å²) in [5.41, 5.74) is 6.71. The van der Waals surface area contributed by atoms with Gasteiger partial charge in [-0.1, -0.05) is 6.07 Å². The van der Waals surface area contributed by atoms with E-state index in [2.05, 4.69) is 9.97 Å². The van der Waals surface area contributed by atoms with Gasteiger partial charge in [0.25, 0.3) is 0 Å². The first-order valence-electron chi connectivity index (χ1n) is 4.56. The number of nitrogens with one attached hydrogen (secondary N) is 1. The summed E-state index contributed by atoms with van der Waals surface area (Å²) in [4.78, 5) is 8.51. The van der Waals surface area contributed by atoms with Gasteiger partial charge in [0.1, 0.15) is 11.5 Å². The topological polar surface area (TPSA) is 75.7 Å². The van der Waals surface area contributed by atoms with E-state index in [4.69, 9.17) is 11.1 Å². The maximum Gasteiger partial charge on any atom is 0.194 e. The molecule has 4 nitrogen and oxygen atoms in total. The molecule has 2 aromatic rings. The van der Waals surface area contributed by atoms with Gasteiger partial charge in [-0.3, -0.25) is 5.41 Å². The molecule has 2 aromatic heterocycles. The van der Waals surface area contributed by atoms with Crippen LogP contribution in [-0.2, 0) is 0 Å². The number of nitrogens with zero attached hydrogens (tertiary/aromatic N) is 2. The first-order valence-corrected chi connectivity index (χ1v) is 6.26. The molecule has 16 heavy (non-hydrogen) atoms. The monoisotopic (exact) mass is 250 g/mol. The van der Waals surface area contributed by atoms with Crippen molar-refractivity contribution in [2.24, 2.45) is 5.73 Å². The van der Waals surface area contributed by atoms with E-state index >= 15 is 0 Å². The van der Waals surface area contributed by atoms with Crippen LogP contribution in [0.3, 0.4) is 0 Å². The van der Waals surface area contributed by atoms with E-state index in [0.29, 0.717) is 10.9 Å². The lowest BCUT2D eigenvalue weighted by molar-refractivity contribution is 0.922. The Hall–Kier alpha value is -1.40. The number of nitrogens with two attached hydrogens (primary N) is 1. The third-order valence-electron chi connectivity index (χ3n) is 1.80. The Morgan fingerprint density at radius 3 is 2.94 bits per heavy atom. The molecule has 0 fully saturated rings. The molecular formula is C10H10N4S2. The summed E-state index contributed by atoms with van der Waals surface area (Å²) in [7, 11) is 0. The largest absolute Gasteiger partial charge is 0.382 e. The Morgan fingerprint density at radius 2 is 2.31 bits per heavy atom. The van der Waals surface area contributed by atoms with Crippen LogP contribution in [0.1, 0.15) is 11.4 Å². The lowest BCUT2D eigenvalue weighted by atomic mass is 10.3. The van der Waals surface area contributed by atoms with Gasteiger partial charge in [0, 0.05) is 5.69 Å². The van der Waals surface area contributed by atoms with Crippen LogP contribution in [0.5, 0.6) is 0 Å². The normalized spacial score (nSPS) is 10.3. The van der Waals surface area contributed by atoms with Crippen molar-refractivity contribution in [2.45, 2.75) is 16.3 Å². The van der Waals surface area contributed by atoms with Gasteiger partial charge in [-0.15, -0.1) is 11.3 Å². The van der Waals surface area contributed by atoms with Crippen LogP contribution >= 0.6 is 23.1 Å². The van der Waals surface area contributed by atoms with Crippen molar-refractivity contribution in [3.8, 4) is 0 Å². The number of nitrogen functional groups attached to an aromatic ring is 1. The maximum absolute atomic E-state index is 7.36. The highest BCUT2D eigenvalue weighted by atomic mass is 32.2. The van der Waals surface area contributed by atoms with Crippen LogP contribution in [0.25, 0.3) is 0 Å². The van der Waals surface area contributed by atoms with Gasteiger partial charge in [-0.25, -0.2) is 9.97 Å². The van der Waals surface area contributed by atoms with Gasteiger partial charge in [0.05, 0.1) is 4.21 Å². The molecule has 82 valence electrons. The predicted molar refractivity (Wildman–Crippen MR) is 66.2 cm³/mol. The molecule has 0 saturated heterocycles. The highest BCUT2D eigenvalue weighted by molar-refractivity contribution is 8.01. The molecule has 0 atom stereocenters. The molecule has 2 heterocycles. The number of rotatable bonds is 3. The maximum atomic E-state index is 7.36. The van der Waals surface area contributed by atoms with Crippen molar-refractivity contribution in [3.05, 3.63) is 35.0 Å². The standard InChI is InChI=1S/C10H10N4S2/c1-6-5-7(9(11)12)14-10(13-6)16-8-3-2-4-15-8/h2-5H,1H3,(H3,11,12). The number of hydrogen-bond donors (Lipinski definition) is 2. The van der Waals surface area contributed by atoms with Crippen LogP contribution in [0, 0.1) is 12.3 Å². The molecule has 2 rings (SSSR count). The molecule has 0 spiro atoms. The van der Waals surface area contributed by atoms with Gasteiger partial charge in [-0.05, 0) is 36.2 Å². The minimum atomic E-state index is -0.0291. The Labute approximate surface area is 101 Å². The van der Waals surface area contributed by atoms with E-state index in [0.717, 1.165) is 9.90 Å². The third kappa shape index (κ3) is 2.59. The highest BCUT2D eigenvalue weighted by Gasteiger charge is 2.06. The van der Waals surface area contributed by atoms with E-state index in [1.807, 2.05) is 24.4 Å². The first-order chi connectivity index (χ1) is 7.65. The second-order valence-electron chi connectivity index (χ2n) is 3.12. The van der Waals surface area contributed by atoms with Gasteiger partial charge < -0.3 is 5.73 Å². The second kappa shape index (κ2) is 4.63. The number of amidine groups is 1. The summed E-state index contributed by atoms with van der Waals surface area (Å²) in [6.07, 6.45) is 0. The fourth-order valence-electron chi connectivity index (χ4n) is 1.14. The summed E-state index contributed by atoms with van der Waals surface area (Å²) in [6, 6.07) is 5.70. The van der Waals surface area contributed by atoms with E-state index < -0.39 is 0 Å². The minimum absolute atomic E-state index is 0.0291. The van der Waals surface area contributed by atoms with Crippen molar-refractivity contribution >= 4 is 28.9 Å². The zero-order valence-corrected chi connectivity index (χ0v) is 10.2. The van der Waals surface area contributed by atoms with Crippen LogP contribution in [-0.4, -0.2) is 15.8 Å². The van der Waals surface area contributed by atoms with E-state index in [1.165, 1.54) is 11.8 Å². The summed E-state index contributed by atoms with van der Waals surface area (Å²) in [5.74, 6) is -0.0291. The van der Waals surface area contributed by atoms with Crippen LogP contribution < -0.4 is 5.73 Å². The fourth-order valence-corrected chi connectivity index (χ4v) is 2.83. The first kappa shape index (κ1) is 11.1. The molecule has 0 aromatic carbocycles. The number of aryl methyl sites for hydroxylation is 1. The highest BCUT2D eigenvalue weighted by Crippen LogP contribution is 2.28. The molecule has 0 radical (unpaired) electrons.